The molecule has 0 bridgehead atoms. The predicted octanol–water partition coefficient (Wildman–Crippen LogP) is 2.95. The Morgan fingerprint density at radius 3 is 2.34 bits per heavy atom. The molecule has 0 fully saturated rings. The van der Waals surface area contributed by atoms with Gasteiger partial charge in [0.1, 0.15) is 18.0 Å². The molecule has 8 heteroatoms. The van der Waals surface area contributed by atoms with E-state index in [9.17, 15) is 13.2 Å². The van der Waals surface area contributed by atoms with Crippen molar-refractivity contribution in [3.05, 3.63) is 54.1 Å². The highest BCUT2D eigenvalue weighted by Crippen LogP contribution is 2.29. The molecule has 0 unspecified atom stereocenters. The maximum Gasteiger partial charge on any atom is 0.241 e. The Bertz CT molecular complexity index is 911. The highest BCUT2D eigenvalue weighted by Gasteiger charge is 2.23. The molecule has 0 aliphatic heterocycles. The fraction of sp³-hybridized carbons (Fsp3) is 0.381. The molecular weight excluding hydrogens is 392 g/mol. The van der Waals surface area contributed by atoms with E-state index in [4.69, 9.17) is 9.47 Å². The smallest absolute Gasteiger partial charge is 0.241 e. The number of rotatable bonds is 10. The van der Waals surface area contributed by atoms with Gasteiger partial charge in [0.15, 0.2) is 0 Å². The molecule has 2 rings (SSSR count). The number of ether oxygens (including phenoxy) is 2. The summed E-state index contributed by atoms with van der Waals surface area (Å²) in [7, 11) is -3.68. The van der Waals surface area contributed by atoms with Crippen LogP contribution in [-0.2, 0) is 21.4 Å². The Labute approximate surface area is 172 Å². The van der Waals surface area contributed by atoms with Gasteiger partial charge < -0.3 is 14.8 Å². The van der Waals surface area contributed by atoms with Gasteiger partial charge in [-0.1, -0.05) is 24.3 Å². The highest BCUT2D eigenvalue weighted by atomic mass is 32.2. The molecule has 29 heavy (non-hydrogen) atoms. The monoisotopic (exact) mass is 420 g/mol. The van der Waals surface area contributed by atoms with Crippen LogP contribution in [-0.4, -0.2) is 39.8 Å². The van der Waals surface area contributed by atoms with E-state index >= 15 is 0 Å². The summed E-state index contributed by atoms with van der Waals surface area (Å²) < 4.78 is 36.8. The van der Waals surface area contributed by atoms with Gasteiger partial charge in [-0.05, 0) is 50.6 Å². The molecule has 0 radical (unpaired) electrons. The second-order valence-corrected chi connectivity index (χ2v) is 8.66. The first-order chi connectivity index (χ1) is 13.7. The summed E-state index contributed by atoms with van der Waals surface area (Å²) >= 11 is 0. The van der Waals surface area contributed by atoms with E-state index in [-0.39, 0.29) is 19.2 Å². The van der Waals surface area contributed by atoms with Gasteiger partial charge in [-0.25, -0.2) is 8.42 Å². The topological polar surface area (TPSA) is 84.9 Å². The van der Waals surface area contributed by atoms with E-state index in [0.717, 1.165) is 21.9 Å². The van der Waals surface area contributed by atoms with E-state index < -0.39 is 15.9 Å². The van der Waals surface area contributed by atoms with Gasteiger partial charge in [-0.2, -0.15) is 0 Å². The predicted molar refractivity (Wildman–Crippen MR) is 114 cm³/mol. The summed E-state index contributed by atoms with van der Waals surface area (Å²) in [6.45, 7) is 6.04. The van der Waals surface area contributed by atoms with Crippen LogP contribution >= 0.6 is 0 Å². The molecule has 2 aromatic carbocycles. The first-order valence-corrected chi connectivity index (χ1v) is 11.3. The van der Waals surface area contributed by atoms with Crippen LogP contribution in [0.3, 0.4) is 0 Å². The van der Waals surface area contributed by atoms with Crippen LogP contribution in [0, 0.1) is 0 Å². The molecule has 0 atom stereocenters. The Kier molecular flexibility index (Phi) is 7.90. The van der Waals surface area contributed by atoms with Crippen molar-refractivity contribution in [1.29, 1.82) is 0 Å². The molecule has 0 spiro atoms. The van der Waals surface area contributed by atoms with E-state index in [1.165, 1.54) is 0 Å². The SMILES string of the molecule is CCOc1ccccc1N(CC(=O)NCc1ccc(OC(C)C)cc1)S(C)(=O)=O. The van der Waals surface area contributed by atoms with Crippen molar-refractivity contribution in [3.63, 3.8) is 0 Å². The molecule has 158 valence electrons. The summed E-state index contributed by atoms with van der Waals surface area (Å²) in [5.74, 6) is 0.754. The maximum atomic E-state index is 12.4. The Balaban J connectivity index is 2.06. The molecule has 2 aromatic rings. The zero-order valence-electron chi connectivity index (χ0n) is 17.2. The third kappa shape index (κ3) is 6.98. The lowest BCUT2D eigenvalue weighted by molar-refractivity contribution is -0.119. The second kappa shape index (κ2) is 10.2. The van der Waals surface area contributed by atoms with Crippen molar-refractivity contribution in [2.75, 3.05) is 23.7 Å². The molecule has 0 saturated carbocycles. The number of hydrogen-bond donors (Lipinski definition) is 1. The average molecular weight is 421 g/mol. The van der Waals surface area contributed by atoms with Crippen LogP contribution < -0.4 is 19.1 Å². The third-order valence-electron chi connectivity index (χ3n) is 3.91. The second-order valence-electron chi connectivity index (χ2n) is 6.76. The van der Waals surface area contributed by atoms with Crippen LogP contribution in [0.15, 0.2) is 48.5 Å². The van der Waals surface area contributed by atoms with Gasteiger partial charge in [-0.3, -0.25) is 9.10 Å². The Morgan fingerprint density at radius 2 is 1.76 bits per heavy atom. The van der Waals surface area contributed by atoms with Gasteiger partial charge in [0.05, 0.1) is 24.7 Å². The van der Waals surface area contributed by atoms with E-state index in [1.54, 1.807) is 24.3 Å². The zero-order valence-corrected chi connectivity index (χ0v) is 18.0. The van der Waals surface area contributed by atoms with Gasteiger partial charge in [0.2, 0.25) is 15.9 Å². The van der Waals surface area contributed by atoms with E-state index in [1.807, 2.05) is 45.0 Å². The van der Waals surface area contributed by atoms with E-state index in [0.29, 0.717) is 18.0 Å². The van der Waals surface area contributed by atoms with Crippen molar-refractivity contribution in [1.82, 2.24) is 5.32 Å². The number of nitrogens with zero attached hydrogens (tertiary/aromatic N) is 1. The van der Waals surface area contributed by atoms with Crippen LogP contribution in [0.5, 0.6) is 11.5 Å². The third-order valence-corrected chi connectivity index (χ3v) is 5.03. The van der Waals surface area contributed by atoms with Gasteiger partial charge in [0.25, 0.3) is 0 Å². The number of anilines is 1. The summed E-state index contributed by atoms with van der Waals surface area (Å²) in [6.07, 6.45) is 1.15. The van der Waals surface area contributed by atoms with Gasteiger partial charge >= 0.3 is 0 Å². The minimum absolute atomic E-state index is 0.0853. The standard InChI is InChI=1S/C21H28N2O5S/c1-5-27-20-9-7-6-8-19(20)23(29(4,25)26)15-21(24)22-14-17-10-12-18(13-11-17)28-16(2)3/h6-13,16H,5,14-15H2,1-4H3,(H,22,24). The van der Waals surface area contributed by atoms with Crippen LogP contribution in [0.25, 0.3) is 0 Å². The summed E-state index contributed by atoms with van der Waals surface area (Å²) in [5, 5.41) is 2.76. The Hall–Kier alpha value is -2.74. The van der Waals surface area contributed by atoms with Crippen molar-refractivity contribution < 1.29 is 22.7 Å². The fourth-order valence-corrected chi connectivity index (χ4v) is 3.53. The zero-order chi connectivity index (χ0) is 21.4. The number of hydrogen-bond acceptors (Lipinski definition) is 5. The molecule has 0 saturated heterocycles. The van der Waals surface area contributed by atoms with Crippen molar-refractivity contribution >= 4 is 21.6 Å². The molecule has 1 amide bonds. The molecule has 0 aliphatic carbocycles. The number of carbonyl (C=O) groups excluding carboxylic acids is 1. The summed E-state index contributed by atoms with van der Waals surface area (Å²) in [4.78, 5) is 12.4. The number of amides is 1. The summed E-state index contributed by atoms with van der Waals surface area (Å²) in [6, 6.07) is 14.1. The normalized spacial score (nSPS) is 11.2. The largest absolute Gasteiger partial charge is 0.492 e. The van der Waals surface area contributed by atoms with Gasteiger partial charge in [-0.15, -0.1) is 0 Å². The van der Waals surface area contributed by atoms with Crippen molar-refractivity contribution in [3.8, 4) is 11.5 Å². The van der Waals surface area contributed by atoms with Gasteiger partial charge in [0, 0.05) is 6.54 Å². The number of sulfonamides is 1. The quantitative estimate of drug-likeness (QED) is 0.639. The van der Waals surface area contributed by atoms with Crippen LogP contribution in [0.4, 0.5) is 5.69 Å². The van der Waals surface area contributed by atoms with Crippen LogP contribution in [0.2, 0.25) is 0 Å². The molecular formula is C21H28N2O5S. The van der Waals surface area contributed by atoms with E-state index in [2.05, 4.69) is 5.32 Å². The first kappa shape index (κ1) is 22.5. The van der Waals surface area contributed by atoms with Crippen molar-refractivity contribution in [2.24, 2.45) is 0 Å². The highest BCUT2D eigenvalue weighted by molar-refractivity contribution is 7.92. The lowest BCUT2D eigenvalue weighted by Gasteiger charge is -2.24. The number of para-hydroxylation sites is 2. The number of benzene rings is 2. The molecule has 0 heterocycles. The minimum atomic E-state index is -3.68. The minimum Gasteiger partial charge on any atom is -0.492 e. The summed E-state index contributed by atoms with van der Waals surface area (Å²) in [5.41, 5.74) is 1.22. The van der Waals surface area contributed by atoms with Crippen molar-refractivity contribution in [2.45, 2.75) is 33.4 Å². The molecule has 7 nitrogen and oxygen atoms in total. The number of nitrogens with one attached hydrogen (secondary N) is 1. The molecule has 0 aromatic heterocycles. The Morgan fingerprint density at radius 1 is 1.10 bits per heavy atom. The fourth-order valence-electron chi connectivity index (χ4n) is 2.67. The lowest BCUT2D eigenvalue weighted by Crippen LogP contribution is -2.40. The molecule has 1 N–H and O–H groups in total. The average Bonchev–Trinajstić information content (AvgIpc) is 2.65. The lowest BCUT2D eigenvalue weighted by atomic mass is 10.2. The maximum absolute atomic E-state index is 12.4. The molecule has 0 aliphatic rings. The number of carbonyl (C=O) groups is 1. The van der Waals surface area contributed by atoms with Crippen LogP contribution in [0.1, 0.15) is 26.3 Å². The first-order valence-electron chi connectivity index (χ1n) is 9.42.